The number of fused-ring (bicyclic) bond motifs is 1. The Hall–Kier alpha value is -2.96. The first-order chi connectivity index (χ1) is 19.1. The lowest BCUT2D eigenvalue weighted by molar-refractivity contribution is -0.158. The molecular formula is C29H43N3O8Si. The maximum atomic E-state index is 13.3. The van der Waals surface area contributed by atoms with E-state index in [1.54, 1.807) is 39.0 Å². The van der Waals surface area contributed by atoms with Crippen molar-refractivity contribution in [1.29, 1.82) is 0 Å². The summed E-state index contributed by atoms with van der Waals surface area (Å²) < 4.78 is 17.3. The van der Waals surface area contributed by atoms with Crippen LogP contribution in [0.4, 0.5) is 4.79 Å². The third kappa shape index (κ3) is 7.86. The minimum absolute atomic E-state index is 0.0980. The van der Waals surface area contributed by atoms with Gasteiger partial charge < -0.3 is 29.1 Å². The number of aliphatic hydroxyl groups is 1. The van der Waals surface area contributed by atoms with Crippen molar-refractivity contribution in [2.24, 2.45) is 0 Å². The van der Waals surface area contributed by atoms with Gasteiger partial charge in [0.05, 0.1) is 19.2 Å². The van der Waals surface area contributed by atoms with Crippen LogP contribution in [-0.2, 0) is 25.6 Å². The van der Waals surface area contributed by atoms with Gasteiger partial charge in [-0.3, -0.25) is 19.3 Å². The van der Waals surface area contributed by atoms with Crippen LogP contribution in [0.5, 0.6) is 5.75 Å². The molecule has 1 unspecified atom stereocenters. The zero-order valence-electron chi connectivity index (χ0n) is 25.0. The second-order valence-corrected chi connectivity index (χ2v) is 19.0. The van der Waals surface area contributed by atoms with E-state index < -0.39 is 43.9 Å². The molecule has 1 aromatic carbocycles. The van der Waals surface area contributed by atoms with Crippen molar-refractivity contribution in [3.63, 3.8) is 0 Å². The van der Waals surface area contributed by atoms with Gasteiger partial charge in [-0.2, -0.15) is 0 Å². The van der Waals surface area contributed by atoms with Crippen LogP contribution in [-0.4, -0.2) is 102 Å². The van der Waals surface area contributed by atoms with Crippen LogP contribution in [0.15, 0.2) is 18.2 Å². The number of ether oxygens (including phenoxy) is 3. The average Bonchev–Trinajstić information content (AvgIpc) is 3.16. The first-order valence-corrected chi connectivity index (χ1v) is 18.0. The van der Waals surface area contributed by atoms with E-state index >= 15 is 0 Å². The summed E-state index contributed by atoms with van der Waals surface area (Å²) in [6, 6.07) is 5.31. The molecule has 41 heavy (non-hydrogen) atoms. The van der Waals surface area contributed by atoms with Crippen molar-refractivity contribution in [3.8, 4) is 5.75 Å². The Balaban J connectivity index is 1.39. The van der Waals surface area contributed by atoms with Crippen LogP contribution < -0.4 is 4.74 Å². The number of nitrogens with zero attached hydrogens (tertiary/aromatic N) is 3. The van der Waals surface area contributed by atoms with Crippen molar-refractivity contribution >= 4 is 31.9 Å². The van der Waals surface area contributed by atoms with Crippen molar-refractivity contribution in [2.75, 3.05) is 26.4 Å². The highest BCUT2D eigenvalue weighted by Gasteiger charge is 2.43. The normalized spacial score (nSPS) is 23.6. The molecule has 4 rings (SSSR count). The summed E-state index contributed by atoms with van der Waals surface area (Å²) in [5.41, 5.74) is 0.549. The van der Waals surface area contributed by atoms with Crippen LogP contribution in [0.1, 0.15) is 56.0 Å². The highest BCUT2D eigenvalue weighted by atomic mass is 28.3. The monoisotopic (exact) mass is 589 g/mol. The number of hydrogen-bond acceptors (Lipinski definition) is 8. The summed E-state index contributed by atoms with van der Waals surface area (Å²) in [6.45, 7) is 13.1. The second kappa shape index (κ2) is 12.1. The van der Waals surface area contributed by atoms with Gasteiger partial charge in [0.25, 0.3) is 11.8 Å². The molecule has 1 N–H and O–H groups in total. The molecule has 2 saturated heterocycles. The van der Waals surface area contributed by atoms with Crippen LogP contribution in [0.25, 0.3) is 0 Å². The third-order valence-electron chi connectivity index (χ3n) is 7.33. The van der Waals surface area contributed by atoms with Crippen molar-refractivity contribution in [2.45, 2.75) is 96.1 Å². The number of hydrogen-bond donors (Lipinski definition) is 1. The van der Waals surface area contributed by atoms with Gasteiger partial charge in [0.2, 0.25) is 5.91 Å². The van der Waals surface area contributed by atoms with E-state index in [2.05, 4.69) is 19.6 Å². The first-order valence-electron chi connectivity index (χ1n) is 14.3. The van der Waals surface area contributed by atoms with Crippen LogP contribution in [0.2, 0.25) is 25.7 Å². The highest BCUT2D eigenvalue weighted by Crippen LogP contribution is 2.32. The molecule has 12 heteroatoms. The minimum Gasteiger partial charge on any atom is -0.488 e. The van der Waals surface area contributed by atoms with E-state index in [1.807, 2.05) is 0 Å². The van der Waals surface area contributed by atoms with E-state index in [-0.39, 0.29) is 51.0 Å². The summed E-state index contributed by atoms with van der Waals surface area (Å²) in [5, 5.41) is 10.4. The number of benzene rings is 1. The number of imide groups is 1. The van der Waals surface area contributed by atoms with Gasteiger partial charge in [0.15, 0.2) is 0 Å². The maximum absolute atomic E-state index is 13.3. The first kappa shape index (κ1) is 31.0. The van der Waals surface area contributed by atoms with Gasteiger partial charge in [0, 0.05) is 39.6 Å². The molecule has 3 aliphatic heterocycles. The Bertz CT molecular complexity index is 1180. The molecule has 2 fully saturated rings. The minimum atomic E-state index is -1.31. The SMILES string of the molecule is CC(C)(C)OC(=O)N1C[C@@H](O)C[C@@H](Oc2ccc3c(c2)CN(C2CCC(=O)N(COCC[Si](C)(C)C)C2=O)C3=O)C1. The fraction of sp³-hybridized carbons (Fsp3) is 0.655. The summed E-state index contributed by atoms with van der Waals surface area (Å²) >= 11 is 0. The van der Waals surface area contributed by atoms with E-state index in [0.29, 0.717) is 24.3 Å². The third-order valence-corrected chi connectivity index (χ3v) is 9.03. The standard InChI is InChI=1S/C29H43N3O8Si/c1-29(2,3)40-28(37)30-16-20(33)14-22(17-30)39-21-7-8-23-19(13-21)15-31(26(23)35)24-9-10-25(34)32(27(24)36)18-38-11-12-41(4,5)6/h7-8,13,20,22,24,33H,9-12,14-18H2,1-6H3/t20-,22+,24?/m0/s1. The zero-order valence-corrected chi connectivity index (χ0v) is 26.0. The van der Waals surface area contributed by atoms with Crippen molar-refractivity contribution in [1.82, 2.24) is 14.7 Å². The van der Waals surface area contributed by atoms with E-state index in [0.717, 1.165) is 16.5 Å². The van der Waals surface area contributed by atoms with Gasteiger partial charge >= 0.3 is 6.09 Å². The zero-order chi connectivity index (χ0) is 30.1. The molecule has 11 nitrogen and oxygen atoms in total. The Labute approximate surface area is 242 Å². The van der Waals surface area contributed by atoms with E-state index in [9.17, 15) is 24.3 Å². The number of carbonyl (C=O) groups excluding carboxylic acids is 4. The molecular weight excluding hydrogens is 546 g/mol. The van der Waals surface area contributed by atoms with Crippen LogP contribution in [0.3, 0.4) is 0 Å². The highest BCUT2D eigenvalue weighted by molar-refractivity contribution is 6.76. The molecule has 3 heterocycles. The van der Waals surface area contributed by atoms with Crippen LogP contribution in [0, 0.1) is 0 Å². The fourth-order valence-electron chi connectivity index (χ4n) is 5.21. The van der Waals surface area contributed by atoms with Gasteiger partial charge in [0.1, 0.15) is 30.2 Å². The number of amides is 4. The summed E-state index contributed by atoms with van der Waals surface area (Å²) in [4.78, 5) is 55.7. The predicted octanol–water partition coefficient (Wildman–Crippen LogP) is 3.22. The lowest BCUT2D eigenvalue weighted by Gasteiger charge is -2.36. The Morgan fingerprint density at radius 3 is 2.54 bits per heavy atom. The quantitative estimate of drug-likeness (QED) is 0.278. The molecule has 0 spiro atoms. The maximum Gasteiger partial charge on any atom is 0.410 e. The van der Waals surface area contributed by atoms with Gasteiger partial charge in [-0.1, -0.05) is 19.6 Å². The smallest absolute Gasteiger partial charge is 0.410 e. The lowest BCUT2D eigenvalue weighted by Crippen LogP contribution is -2.55. The van der Waals surface area contributed by atoms with Crippen LogP contribution >= 0.6 is 0 Å². The molecule has 3 atom stereocenters. The summed E-state index contributed by atoms with van der Waals surface area (Å²) in [6.07, 6.45) is -0.936. The largest absolute Gasteiger partial charge is 0.488 e. The number of likely N-dealkylation sites (tertiary alicyclic amines) is 2. The molecule has 0 radical (unpaired) electrons. The molecule has 0 bridgehead atoms. The van der Waals surface area contributed by atoms with Gasteiger partial charge in [-0.25, -0.2) is 4.79 Å². The molecule has 3 aliphatic rings. The molecule has 4 amide bonds. The lowest BCUT2D eigenvalue weighted by atomic mass is 10.0. The fourth-order valence-corrected chi connectivity index (χ4v) is 5.96. The Morgan fingerprint density at radius 2 is 1.85 bits per heavy atom. The molecule has 0 aromatic heterocycles. The Kier molecular flexibility index (Phi) is 9.15. The number of β-amino-alcohol motifs (C(OH)–C–C–N with tert-alkyl or cyclic N) is 1. The van der Waals surface area contributed by atoms with E-state index in [4.69, 9.17) is 14.2 Å². The predicted molar refractivity (Wildman–Crippen MR) is 153 cm³/mol. The molecule has 0 aliphatic carbocycles. The average molecular weight is 590 g/mol. The van der Waals surface area contributed by atoms with Gasteiger partial charge in [-0.05, 0) is 57.0 Å². The van der Waals surface area contributed by atoms with Gasteiger partial charge in [-0.15, -0.1) is 0 Å². The van der Waals surface area contributed by atoms with Crippen molar-refractivity contribution in [3.05, 3.63) is 29.3 Å². The number of carbonyl (C=O) groups is 4. The number of aliphatic hydroxyl groups excluding tert-OH is 1. The number of piperidine rings is 2. The molecule has 0 saturated carbocycles. The second-order valence-electron chi connectivity index (χ2n) is 13.3. The van der Waals surface area contributed by atoms with E-state index in [1.165, 1.54) is 9.80 Å². The summed E-state index contributed by atoms with van der Waals surface area (Å²) in [5.74, 6) is -0.452. The molecule has 226 valence electrons. The topological polar surface area (TPSA) is 126 Å². The number of rotatable bonds is 8. The Morgan fingerprint density at radius 1 is 1.12 bits per heavy atom. The summed E-state index contributed by atoms with van der Waals surface area (Å²) in [7, 11) is -1.31. The van der Waals surface area contributed by atoms with Crippen molar-refractivity contribution < 1.29 is 38.5 Å². The molecule has 1 aromatic rings.